The van der Waals surface area contributed by atoms with Crippen molar-refractivity contribution >= 4 is 12.6 Å². The minimum Gasteiger partial charge on any atom is -0.486 e. The zero-order valence-electron chi connectivity index (χ0n) is 17.4. The van der Waals surface area contributed by atoms with Gasteiger partial charge in [-0.2, -0.15) is 17.9 Å². The van der Waals surface area contributed by atoms with Gasteiger partial charge in [0.1, 0.15) is 12.4 Å². The highest BCUT2D eigenvalue weighted by Crippen LogP contribution is 2.30. The van der Waals surface area contributed by atoms with Crippen molar-refractivity contribution in [3.8, 4) is 17.5 Å². The van der Waals surface area contributed by atoms with E-state index in [4.69, 9.17) is 22.6 Å². The first-order valence-electron chi connectivity index (χ1n) is 9.94. The van der Waals surface area contributed by atoms with Crippen LogP contribution in [0.15, 0.2) is 72.8 Å². The Hall–Kier alpha value is -3.56. The van der Waals surface area contributed by atoms with E-state index in [0.717, 1.165) is 17.0 Å². The number of hydrogen-bond donors (Lipinski definition) is 1. The monoisotopic (exact) mass is 426 g/mol. The zero-order valence-corrected chi connectivity index (χ0v) is 18.3. The lowest BCUT2D eigenvalue weighted by Crippen LogP contribution is -2.10. The molecule has 4 rings (SSSR count). The third-order valence-corrected chi connectivity index (χ3v) is 5.57. The fourth-order valence-corrected chi connectivity index (χ4v) is 3.59. The van der Waals surface area contributed by atoms with Crippen LogP contribution in [0.1, 0.15) is 39.2 Å². The normalized spacial score (nSPS) is 11.7. The molecule has 31 heavy (non-hydrogen) atoms. The molecule has 0 fully saturated rings. The number of nitriles is 1. The van der Waals surface area contributed by atoms with Gasteiger partial charge in [0.2, 0.25) is 0 Å². The summed E-state index contributed by atoms with van der Waals surface area (Å²) < 4.78 is 7.97. The zero-order chi connectivity index (χ0) is 21.8. The van der Waals surface area contributed by atoms with Gasteiger partial charge in [-0.25, -0.2) is 0 Å². The van der Waals surface area contributed by atoms with Gasteiger partial charge in [0.15, 0.2) is 11.6 Å². The highest BCUT2D eigenvalue weighted by atomic mass is 32.1. The summed E-state index contributed by atoms with van der Waals surface area (Å²) in [5, 5.41) is 17.6. The van der Waals surface area contributed by atoms with Gasteiger partial charge in [0.05, 0.1) is 16.9 Å². The molecule has 154 valence electrons. The summed E-state index contributed by atoms with van der Waals surface area (Å²) in [6.07, 6.45) is 0. The molecule has 6 heteroatoms. The maximum absolute atomic E-state index is 9.06. The first kappa shape index (κ1) is 20.7. The molecule has 0 radical (unpaired) electrons. The SMILES string of the molecule is Cc1ccc(OCc2nnc(C(S)c3ccc(C#N)cc3)n2-c2ccc(C)cc2)cc1. The van der Waals surface area contributed by atoms with E-state index in [1.165, 1.54) is 11.1 Å². The highest BCUT2D eigenvalue weighted by Gasteiger charge is 2.21. The predicted octanol–water partition coefficient (Wildman–Crippen LogP) is 5.35. The van der Waals surface area contributed by atoms with Crippen LogP contribution < -0.4 is 4.74 Å². The summed E-state index contributed by atoms with van der Waals surface area (Å²) in [7, 11) is 0. The number of hydrogen-bond acceptors (Lipinski definition) is 5. The molecule has 1 aromatic heterocycles. The van der Waals surface area contributed by atoms with Gasteiger partial charge in [0, 0.05) is 5.69 Å². The van der Waals surface area contributed by atoms with Crippen molar-refractivity contribution in [1.29, 1.82) is 5.26 Å². The standard InChI is InChI=1S/C25H22N4OS/c1-17-3-11-21(12-4-17)29-23(16-30-22-13-5-18(2)6-14-22)27-28-25(29)24(31)20-9-7-19(15-26)8-10-20/h3-14,24,31H,16H2,1-2H3. The topological polar surface area (TPSA) is 63.7 Å². The van der Waals surface area contributed by atoms with Gasteiger partial charge in [0.25, 0.3) is 0 Å². The molecule has 0 aliphatic carbocycles. The summed E-state index contributed by atoms with van der Waals surface area (Å²) in [4.78, 5) is 0. The fraction of sp³-hybridized carbons (Fsp3) is 0.160. The van der Waals surface area contributed by atoms with Crippen molar-refractivity contribution in [2.75, 3.05) is 0 Å². The summed E-state index contributed by atoms with van der Waals surface area (Å²) in [6.45, 7) is 4.37. The summed E-state index contributed by atoms with van der Waals surface area (Å²) in [5.74, 6) is 2.16. The number of thiol groups is 1. The number of aromatic nitrogens is 3. The maximum Gasteiger partial charge on any atom is 0.175 e. The quantitative estimate of drug-likeness (QED) is 0.422. The Labute approximate surface area is 187 Å². The molecule has 3 aromatic carbocycles. The summed E-state index contributed by atoms with van der Waals surface area (Å²) >= 11 is 4.83. The minimum atomic E-state index is -0.310. The lowest BCUT2D eigenvalue weighted by molar-refractivity contribution is 0.293. The van der Waals surface area contributed by atoms with E-state index in [0.29, 0.717) is 17.2 Å². The molecule has 0 bridgehead atoms. The third kappa shape index (κ3) is 4.62. The highest BCUT2D eigenvalue weighted by molar-refractivity contribution is 7.80. The van der Waals surface area contributed by atoms with E-state index in [1.807, 2.05) is 60.0 Å². The lowest BCUT2D eigenvalue weighted by Gasteiger charge is -2.15. The molecule has 0 saturated carbocycles. The second-order valence-corrected chi connectivity index (χ2v) is 7.90. The average molecular weight is 427 g/mol. The van der Waals surface area contributed by atoms with Crippen molar-refractivity contribution in [2.24, 2.45) is 0 Å². The fourth-order valence-electron chi connectivity index (χ4n) is 3.25. The Bertz CT molecular complexity index is 1210. The Balaban J connectivity index is 1.69. The second-order valence-electron chi connectivity index (χ2n) is 7.38. The van der Waals surface area contributed by atoms with Crippen molar-refractivity contribution in [3.63, 3.8) is 0 Å². The molecule has 1 unspecified atom stereocenters. The molecule has 5 nitrogen and oxygen atoms in total. The van der Waals surface area contributed by atoms with E-state index in [2.05, 4.69) is 35.3 Å². The third-order valence-electron chi connectivity index (χ3n) is 5.04. The van der Waals surface area contributed by atoms with Crippen molar-refractivity contribution in [3.05, 3.63) is 107 Å². The smallest absolute Gasteiger partial charge is 0.175 e. The van der Waals surface area contributed by atoms with Crippen molar-refractivity contribution < 1.29 is 4.74 Å². The van der Waals surface area contributed by atoms with Crippen LogP contribution in [0.25, 0.3) is 5.69 Å². The Morgan fingerprint density at radius 1 is 0.903 bits per heavy atom. The van der Waals surface area contributed by atoms with Crippen LogP contribution in [-0.2, 0) is 6.61 Å². The van der Waals surface area contributed by atoms with Gasteiger partial charge in [-0.3, -0.25) is 4.57 Å². The maximum atomic E-state index is 9.06. The van der Waals surface area contributed by atoms with Gasteiger partial charge in [-0.1, -0.05) is 47.5 Å². The first-order valence-corrected chi connectivity index (χ1v) is 10.5. The van der Waals surface area contributed by atoms with E-state index in [-0.39, 0.29) is 11.9 Å². The number of ether oxygens (including phenoxy) is 1. The first-order chi connectivity index (χ1) is 15.0. The Morgan fingerprint density at radius 2 is 1.52 bits per heavy atom. The van der Waals surface area contributed by atoms with Crippen molar-refractivity contribution in [1.82, 2.24) is 14.8 Å². The molecule has 0 N–H and O–H groups in total. The van der Waals surface area contributed by atoms with Crippen molar-refractivity contribution in [2.45, 2.75) is 25.7 Å². The van der Waals surface area contributed by atoms with Gasteiger partial charge < -0.3 is 4.74 Å². The van der Waals surface area contributed by atoms with Crippen LogP contribution in [-0.4, -0.2) is 14.8 Å². The molecule has 1 heterocycles. The number of nitrogens with zero attached hydrogens (tertiary/aromatic N) is 4. The van der Waals surface area contributed by atoms with Crippen LogP contribution in [0.3, 0.4) is 0 Å². The van der Waals surface area contributed by atoms with E-state index >= 15 is 0 Å². The molecular formula is C25H22N4OS. The Kier molecular flexibility index (Phi) is 6.06. The average Bonchev–Trinajstić information content (AvgIpc) is 3.22. The number of rotatable bonds is 6. The van der Waals surface area contributed by atoms with Crippen LogP contribution in [0, 0.1) is 25.2 Å². The van der Waals surface area contributed by atoms with Crippen LogP contribution in [0.4, 0.5) is 0 Å². The molecular weight excluding hydrogens is 404 g/mol. The molecule has 1 atom stereocenters. The largest absolute Gasteiger partial charge is 0.486 e. The summed E-state index contributed by atoms with van der Waals surface area (Å²) in [5.41, 5.74) is 4.84. The van der Waals surface area contributed by atoms with E-state index < -0.39 is 0 Å². The summed E-state index contributed by atoms with van der Waals surface area (Å²) in [6, 6.07) is 25.6. The van der Waals surface area contributed by atoms with Crippen LogP contribution >= 0.6 is 12.6 Å². The molecule has 0 aliphatic heterocycles. The number of benzene rings is 3. The van der Waals surface area contributed by atoms with E-state index in [1.54, 1.807) is 12.1 Å². The number of aryl methyl sites for hydroxylation is 2. The van der Waals surface area contributed by atoms with Gasteiger partial charge in [-0.15, -0.1) is 10.2 Å². The second kappa shape index (κ2) is 9.07. The molecule has 0 aliphatic rings. The lowest BCUT2D eigenvalue weighted by atomic mass is 10.1. The van der Waals surface area contributed by atoms with Crippen LogP contribution in [0.2, 0.25) is 0 Å². The van der Waals surface area contributed by atoms with Gasteiger partial charge >= 0.3 is 0 Å². The van der Waals surface area contributed by atoms with E-state index in [9.17, 15) is 0 Å². The predicted molar refractivity (Wildman–Crippen MR) is 124 cm³/mol. The minimum absolute atomic E-state index is 0.276. The molecule has 0 amide bonds. The molecule has 0 saturated heterocycles. The Morgan fingerprint density at radius 3 is 2.13 bits per heavy atom. The van der Waals surface area contributed by atoms with Gasteiger partial charge in [-0.05, 0) is 55.8 Å². The molecule has 0 spiro atoms. The molecule has 4 aromatic rings. The van der Waals surface area contributed by atoms with Crippen LogP contribution in [0.5, 0.6) is 5.75 Å².